The molecule has 0 saturated heterocycles. The zero-order valence-corrected chi connectivity index (χ0v) is 8.49. The Labute approximate surface area is 79.6 Å². The molecule has 0 bridgehead atoms. The van der Waals surface area contributed by atoms with E-state index in [1.165, 1.54) is 24.0 Å². The van der Waals surface area contributed by atoms with Gasteiger partial charge in [-0.2, -0.15) is 0 Å². The number of halogens is 1. The lowest BCUT2D eigenvalue weighted by molar-refractivity contribution is 0.791. The van der Waals surface area contributed by atoms with Gasteiger partial charge >= 0.3 is 0 Å². The first-order chi connectivity index (χ1) is 5.75. The van der Waals surface area contributed by atoms with Crippen LogP contribution in [0.4, 0.5) is 0 Å². The molecule has 0 heterocycles. The summed E-state index contributed by atoms with van der Waals surface area (Å²) in [7, 11) is 0. The summed E-state index contributed by atoms with van der Waals surface area (Å²) in [5, 5.41) is 0.920. The second kappa shape index (κ2) is 4.51. The van der Waals surface area contributed by atoms with Gasteiger partial charge in [0, 0.05) is 5.02 Å². The van der Waals surface area contributed by atoms with Gasteiger partial charge in [0.15, 0.2) is 0 Å². The van der Waals surface area contributed by atoms with Crippen LogP contribution in [0.1, 0.15) is 30.9 Å². The number of aryl methyl sites for hydroxylation is 1. The van der Waals surface area contributed by atoms with Crippen LogP contribution in [0.5, 0.6) is 0 Å². The molecule has 0 atom stereocenters. The summed E-state index contributed by atoms with van der Waals surface area (Å²) >= 11 is 6.07. The summed E-state index contributed by atoms with van der Waals surface area (Å²) in [4.78, 5) is 0. The molecule has 0 saturated carbocycles. The molecule has 0 fully saturated rings. The lowest BCUT2D eigenvalue weighted by Crippen LogP contribution is -1.90. The average Bonchev–Trinajstić information content (AvgIpc) is 2.04. The van der Waals surface area contributed by atoms with Crippen molar-refractivity contribution in [1.29, 1.82) is 0 Å². The first kappa shape index (κ1) is 9.60. The van der Waals surface area contributed by atoms with E-state index in [1.54, 1.807) is 0 Å². The van der Waals surface area contributed by atoms with Gasteiger partial charge in [-0.05, 0) is 37.0 Å². The molecule has 0 N–H and O–H groups in total. The smallest absolute Gasteiger partial charge is 0.0440 e. The Morgan fingerprint density at radius 3 is 2.67 bits per heavy atom. The van der Waals surface area contributed by atoms with Gasteiger partial charge in [0.1, 0.15) is 0 Å². The average molecular weight is 183 g/mol. The monoisotopic (exact) mass is 182 g/mol. The van der Waals surface area contributed by atoms with E-state index in [0.717, 1.165) is 11.4 Å². The van der Waals surface area contributed by atoms with E-state index in [0.29, 0.717) is 0 Å². The maximum Gasteiger partial charge on any atom is 0.0440 e. The second-order valence-corrected chi connectivity index (χ2v) is 3.55. The predicted octanol–water partition coefficient (Wildman–Crippen LogP) is 3.99. The molecule has 0 nitrogen and oxygen atoms in total. The molecule has 1 aromatic carbocycles. The maximum absolute atomic E-state index is 6.07. The second-order valence-electron chi connectivity index (χ2n) is 3.14. The fraction of sp³-hybridized carbons (Fsp3) is 0.455. The van der Waals surface area contributed by atoms with Crippen LogP contribution >= 0.6 is 11.6 Å². The normalized spacial score (nSPS) is 10.2. The highest BCUT2D eigenvalue weighted by atomic mass is 35.5. The molecule has 0 aliphatic rings. The Bertz CT molecular complexity index is 233. The number of hydrogen-bond acceptors (Lipinski definition) is 0. The SMILES string of the molecule is CCCCc1c(C)cccc1Cl. The highest BCUT2D eigenvalue weighted by molar-refractivity contribution is 6.31. The molecule has 0 unspecified atom stereocenters. The summed E-state index contributed by atoms with van der Waals surface area (Å²) in [6.07, 6.45) is 3.57. The zero-order chi connectivity index (χ0) is 8.97. The number of hydrogen-bond donors (Lipinski definition) is 0. The summed E-state index contributed by atoms with van der Waals surface area (Å²) in [6.45, 7) is 4.32. The molecule has 1 heteroatoms. The van der Waals surface area contributed by atoms with Crippen molar-refractivity contribution in [3.63, 3.8) is 0 Å². The summed E-state index contributed by atoms with van der Waals surface area (Å²) in [6, 6.07) is 6.10. The topological polar surface area (TPSA) is 0 Å². The van der Waals surface area contributed by atoms with E-state index in [1.807, 2.05) is 12.1 Å². The summed E-state index contributed by atoms with van der Waals surface area (Å²) in [5.74, 6) is 0. The lowest BCUT2D eigenvalue weighted by Gasteiger charge is -2.06. The van der Waals surface area contributed by atoms with Gasteiger partial charge in [-0.15, -0.1) is 0 Å². The van der Waals surface area contributed by atoms with E-state index in [9.17, 15) is 0 Å². The quantitative estimate of drug-likeness (QED) is 0.663. The van der Waals surface area contributed by atoms with Crippen LogP contribution in [0, 0.1) is 6.92 Å². The standard InChI is InChI=1S/C11H15Cl/c1-3-4-7-10-9(2)6-5-8-11(10)12/h5-6,8H,3-4,7H2,1-2H3. The van der Waals surface area contributed by atoms with Crippen molar-refractivity contribution in [1.82, 2.24) is 0 Å². The Kier molecular flexibility index (Phi) is 3.61. The third-order valence-electron chi connectivity index (χ3n) is 2.13. The highest BCUT2D eigenvalue weighted by Gasteiger charge is 2.01. The molecular formula is C11H15Cl. The predicted molar refractivity (Wildman–Crippen MR) is 54.8 cm³/mol. The van der Waals surface area contributed by atoms with Crippen molar-refractivity contribution in [3.05, 3.63) is 34.3 Å². The molecule has 0 aliphatic carbocycles. The number of unbranched alkanes of at least 4 members (excludes halogenated alkanes) is 1. The molecule has 66 valence electrons. The Morgan fingerprint density at radius 2 is 2.08 bits per heavy atom. The first-order valence-electron chi connectivity index (χ1n) is 4.49. The molecule has 0 aliphatic heterocycles. The number of rotatable bonds is 3. The van der Waals surface area contributed by atoms with Crippen LogP contribution < -0.4 is 0 Å². The highest BCUT2D eigenvalue weighted by Crippen LogP contribution is 2.21. The minimum Gasteiger partial charge on any atom is -0.0840 e. The van der Waals surface area contributed by atoms with Gasteiger partial charge in [0.05, 0.1) is 0 Å². The molecule has 0 aromatic heterocycles. The van der Waals surface area contributed by atoms with Crippen molar-refractivity contribution in [2.45, 2.75) is 33.1 Å². The van der Waals surface area contributed by atoms with E-state index >= 15 is 0 Å². The van der Waals surface area contributed by atoms with E-state index < -0.39 is 0 Å². The van der Waals surface area contributed by atoms with Crippen molar-refractivity contribution >= 4 is 11.6 Å². The van der Waals surface area contributed by atoms with Gasteiger partial charge in [-0.25, -0.2) is 0 Å². The zero-order valence-electron chi connectivity index (χ0n) is 7.73. The summed E-state index contributed by atoms with van der Waals surface area (Å²) < 4.78 is 0. The molecule has 0 amide bonds. The van der Waals surface area contributed by atoms with Crippen LogP contribution in [0.25, 0.3) is 0 Å². The van der Waals surface area contributed by atoms with Gasteiger partial charge in [0.2, 0.25) is 0 Å². The van der Waals surface area contributed by atoms with Crippen molar-refractivity contribution in [3.8, 4) is 0 Å². The fourth-order valence-corrected chi connectivity index (χ4v) is 1.65. The van der Waals surface area contributed by atoms with Crippen molar-refractivity contribution in [2.75, 3.05) is 0 Å². The third-order valence-corrected chi connectivity index (χ3v) is 2.49. The Hall–Kier alpha value is -0.490. The van der Waals surface area contributed by atoms with Gasteiger partial charge in [-0.3, -0.25) is 0 Å². The summed E-state index contributed by atoms with van der Waals surface area (Å²) in [5.41, 5.74) is 2.64. The third kappa shape index (κ3) is 2.25. The molecule has 0 radical (unpaired) electrons. The number of benzene rings is 1. The van der Waals surface area contributed by atoms with Gasteiger partial charge in [0.25, 0.3) is 0 Å². The molecular weight excluding hydrogens is 168 g/mol. The van der Waals surface area contributed by atoms with E-state index in [-0.39, 0.29) is 0 Å². The maximum atomic E-state index is 6.07. The van der Waals surface area contributed by atoms with Gasteiger partial charge in [-0.1, -0.05) is 37.1 Å². The van der Waals surface area contributed by atoms with Crippen LogP contribution in [0.15, 0.2) is 18.2 Å². The van der Waals surface area contributed by atoms with Crippen LogP contribution in [0.3, 0.4) is 0 Å². The molecule has 12 heavy (non-hydrogen) atoms. The Balaban J connectivity index is 2.81. The molecule has 1 aromatic rings. The Morgan fingerprint density at radius 1 is 1.33 bits per heavy atom. The van der Waals surface area contributed by atoms with Gasteiger partial charge < -0.3 is 0 Å². The van der Waals surface area contributed by atoms with Crippen molar-refractivity contribution in [2.24, 2.45) is 0 Å². The van der Waals surface area contributed by atoms with E-state index in [4.69, 9.17) is 11.6 Å². The van der Waals surface area contributed by atoms with Crippen LogP contribution in [-0.2, 0) is 6.42 Å². The minimum atomic E-state index is 0.920. The fourth-order valence-electron chi connectivity index (χ4n) is 1.34. The largest absolute Gasteiger partial charge is 0.0840 e. The first-order valence-corrected chi connectivity index (χ1v) is 4.87. The molecule has 1 rings (SSSR count). The molecule has 0 spiro atoms. The minimum absolute atomic E-state index is 0.920. The lowest BCUT2D eigenvalue weighted by atomic mass is 10.0. The van der Waals surface area contributed by atoms with Crippen LogP contribution in [-0.4, -0.2) is 0 Å². The van der Waals surface area contributed by atoms with E-state index in [2.05, 4.69) is 19.9 Å². The van der Waals surface area contributed by atoms with Crippen molar-refractivity contribution < 1.29 is 0 Å². The van der Waals surface area contributed by atoms with Crippen LogP contribution in [0.2, 0.25) is 5.02 Å².